The highest BCUT2D eigenvalue weighted by atomic mass is 32.2. The van der Waals surface area contributed by atoms with Gasteiger partial charge in [-0.25, -0.2) is 13.7 Å². The first-order valence-corrected chi connectivity index (χ1v) is 11.5. The predicted octanol–water partition coefficient (Wildman–Crippen LogP) is 4.92. The van der Waals surface area contributed by atoms with E-state index in [-0.39, 0.29) is 5.82 Å². The average Bonchev–Trinajstić information content (AvgIpc) is 3.21. The summed E-state index contributed by atoms with van der Waals surface area (Å²) in [6, 6.07) is 13.3. The molecule has 1 saturated heterocycles. The molecule has 4 nitrogen and oxygen atoms in total. The predicted molar refractivity (Wildman–Crippen MR) is 113 cm³/mol. The summed E-state index contributed by atoms with van der Waals surface area (Å²) < 4.78 is 22.5. The van der Waals surface area contributed by atoms with Gasteiger partial charge in [0.05, 0.1) is 10.2 Å². The molecule has 2 aliphatic rings. The molecule has 1 aliphatic heterocycles. The van der Waals surface area contributed by atoms with Gasteiger partial charge >= 0.3 is 0 Å². The molecule has 1 saturated carbocycles. The second-order valence-electron chi connectivity index (χ2n) is 7.48. The molecular formula is C21H22FN3OS2. The van der Waals surface area contributed by atoms with E-state index in [1.165, 1.54) is 42.0 Å². The Bertz CT molecular complexity index is 977. The van der Waals surface area contributed by atoms with Crippen LogP contribution < -0.4 is 10.1 Å². The first-order chi connectivity index (χ1) is 13.7. The third-order valence-electron chi connectivity index (χ3n) is 5.63. The summed E-state index contributed by atoms with van der Waals surface area (Å²) in [5, 5.41) is 4.15. The van der Waals surface area contributed by atoms with Gasteiger partial charge in [-0.2, -0.15) is 0 Å². The van der Waals surface area contributed by atoms with Gasteiger partial charge in [0.25, 0.3) is 5.19 Å². The number of nitrogens with zero attached hydrogens (tertiary/aromatic N) is 2. The van der Waals surface area contributed by atoms with Crippen LogP contribution in [-0.2, 0) is 6.54 Å². The second kappa shape index (κ2) is 7.63. The number of fused-ring (bicyclic) bond motifs is 2. The molecular weight excluding hydrogens is 393 g/mol. The highest BCUT2D eigenvalue weighted by molar-refractivity contribution is 7.96. The monoisotopic (exact) mass is 415 g/mol. The van der Waals surface area contributed by atoms with Crippen molar-refractivity contribution in [2.45, 2.75) is 19.0 Å². The van der Waals surface area contributed by atoms with Crippen molar-refractivity contribution in [2.75, 3.05) is 19.3 Å². The van der Waals surface area contributed by atoms with E-state index in [0.717, 1.165) is 40.9 Å². The third-order valence-corrected chi connectivity index (χ3v) is 7.42. The number of rotatable bonds is 7. The molecule has 0 spiro atoms. The number of thiazole rings is 1. The smallest absolute Gasteiger partial charge is 0.279 e. The van der Waals surface area contributed by atoms with E-state index in [1.54, 1.807) is 6.07 Å². The van der Waals surface area contributed by atoms with Crippen molar-refractivity contribution in [1.82, 2.24) is 14.6 Å². The van der Waals surface area contributed by atoms with Crippen LogP contribution >= 0.6 is 23.3 Å². The molecule has 0 bridgehead atoms. The Kier molecular flexibility index (Phi) is 5.00. The van der Waals surface area contributed by atoms with Crippen LogP contribution in [0.15, 0.2) is 42.5 Å². The van der Waals surface area contributed by atoms with Gasteiger partial charge in [-0.3, -0.25) is 0 Å². The quantitative estimate of drug-likeness (QED) is 0.555. The summed E-state index contributed by atoms with van der Waals surface area (Å²) in [6.07, 6.45) is 3.59. The van der Waals surface area contributed by atoms with Gasteiger partial charge in [0, 0.05) is 25.7 Å². The van der Waals surface area contributed by atoms with Gasteiger partial charge in [0.2, 0.25) is 0 Å². The van der Waals surface area contributed by atoms with Crippen LogP contribution in [0.25, 0.3) is 10.2 Å². The number of nitrogens with one attached hydrogen (secondary N) is 1. The van der Waals surface area contributed by atoms with Gasteiger partial charge in [-0.1, -0.05) is 35.4 Å². The lowest BCUT2D eigenvalue weighted by atomic mass is 10.2. The minimum absolute atomic E-state index is 0.255. The van der Waals surface area contributed by atoms with E-state index >= 15 is 0 Å². The summed E-state index contributed by atoms with van der Waals surface area (Å²) >= 11 is 3.23. The van der Waals surface area contributed by atoms with Crippen LogP contribution in [0.1, 0.15) is 12.0 Å². The molecule has 1 aliphatic carbocycles. The highest BCUT2D eigenvalue weighted by Crippen LogP contribution is 2.51. The van der Waals surface area contributed by atoms with Gasteiger partial charge in [-0.15, -0.1) is 0 Å². The van der Waals surface area contributed by atoms with Crippen LogP contribution in [0.5, 0.6) is 10.9 Å². The Morgan fingerprint density at radius 2 is 2.14 bits per heavy atom. The van der Waals surface area contributed by atoms with Crippen molar-refractivity contribution >= 4 is 33.5 Å². The van der Waals surface area contributed by atoms with Crippen molar-refractivity contribution in [3.8, 4) is 10.9 Å². The zero-order chi connectivity index (χ0) is 19.1. The molecule has 0 radical (unpaired) electrons. The molecule has 3 unspecified atom stereocenters. The summed E-state index contributed by atoms with van der Waals surface area (Å²) in [6.45, 7) is 3.15. The maximum absolute atomic E-state index is 13.3. The molecule has 146 valence electrons. The summed E-state index contributed by atoms with van der Waals surface area (Å²) in [7, 11) is 0. The van der Waals surface area contributed by atoms with Gasteiger partial charge in [0.15, 0.2) is 0 Å². The van der Waals surface area contributed by atoms with E-state index in [0.29, 0.717) is 11.2 Å². The molecule has 2 aromatic carbocycles. The zero-order valence-electron chi connectivity index (χ0n) is 15.6. The number of ether oxygens (including phenoxy) is 1. The maximum atomic E-state index is 13.3. The summed E-state index contributed by atoms with van der Waals surface area (Å²) in [4.78, 5) is 4.40. The fraction of sp³-hybridized carbons (Fsp3) is 0.381. The molecule has 0 amide bonds. The molecule has 28 heavy (non-hydrogen) atoms. The van der Waals surface area contributed by atoms with E-state index in [9.17, 15) is 4.39 Å². The average molecular weight is 416 g/mol. The summed E-state index contributed by atoms with van der Waals surface area (Å²) in [5.74, 6) is 2.33. The molecule has 1 aromatic heterocycles. The Morgan fingerprint density at radius 1 is 1.29 bits per heavy atom. The van der Waals surface area contributed by atoms with Crippen molar-refractivity contribution < 1.29 is 9.13 Å². The Morgan fingerprint density at radius 3 is 2.96 bits per heavy atom. The lowest BCUT2D eigenvalue weighted by Gasteiger charge is -2.25. The van der Waals surface area contributed by atoms with Crippen LogP contribution in [0.2, 0.25) is 0 Å². The van der Waals surface area contributed by atoms with Crippen molar-refractivity contribution in [3.05, 3.63) is 53.8 Å². The largest absolute Gasteiger partial charge is 0.431 e. The Labute approximate surface area is 172 Å². The van der Waals surface area contributed by atoms with Crippen molar-refractivity contribution in [2.24, 2.45) is 11.8 Å². The third kappa shape index (κ3) is 3.76. The van der Waals surface area contributed by atoms with Gasteiger partial charge < -0.3 is 10.1 Å². The van der Waals surface area contributed by atoms with Gasteiger partial charge in [0.1, 0.15) is 11.6 Å². The minimum Gasteiger partial charge on any atom is -0.431 e. The molecule has 2 fully saturated rings. The van der Waals surface area contributed by atoms with Crippen LogP contribution in [0.3, 0.4) is 0 Å². The van der Waals surface area contributed by atoms with E-state index in [4.69, 9.17) is 4.74 Å². The minimum atomic E-state index is -0.255. The van der Waals surface area contributed by atoms with Crippen LogP contribution in [-0.4, -0.2) is 34.7 Å². The molecule has 3 aromatic rings. The molecule has 7 heteroatoms. The molecule has 3 atom stereocenters. The molecule has 2 heterocycles. The Hall–Kier alpha value is -1.67. The standard InChI is InChI=1S/C21H22FN3OS2/c1-27-25-12-14-8-17(14)19(25)11-23-10-13-2-5-16(6-3-13)26-21-24-18-7-4-15(22)9-20(18)28-21/h2-7,9,14,17,19,23H,8,10-12H2,1H3. The fourth-order valence-corrected chi connectivity index (χ4v) is 5.76. The highest BCUT2D eigenvalue weighted by Gasteiger charge is 2.51. The number of benzene rings is 2. The first kappa shape index (κ1) is 18.4. The fourth-order valence-electron chi connectivity index (χ4n) is 4.06. The van der Waals surface area contributed by atoms with E-state index < -0.39 is 0 Å². The van der Waals surface area contributed by atoms with E-state index in [2.05, 4.69) is 33.0 Å². The number of hydrogen-bond donors (Lipinski definition) is 1. The Balaban J connectivity index is 1.16. The summed E-state index contributed by atoms with van der Waals surface area (Å²) in [5.41, 5.74) is 1.99. The van der Waals surface area contributed by atoms with Crippen LogP contribution in [0, 0.1) is 17.7 Å². The van der Waals surface area contributed by atoms with Gasteiger partial charge in [-0.05, 0) is 60.4 Å². The lowest BCUT2D eigenvalue weighted by molar-refractivity contribution is 0.363. The topological polar surface area (TPSA) is 37.4 Å². The van der Waals surface area contributed by atoms with Crippen molar-refractivity contribution in [1.29, 1.82) is 0 Å². The first-order valence-electron chi connectivity index (χ1n) is 9.54. The lowest BCUT2D eigenvalue weighted by Crippen LogP contribution is -2.36. The van der Waals surface area contributed by atoms with Crippen LogP contribution in [0.4, 0.5) is 4.39 Å². The number of aromatic nitrogens is 1. The SMILES string of the molecule is CSN1CC2CC2C1CNCc1ccc(Oc2nc3ccc(F)cc3s2)cc1. The molecule has 5 rings (SSSR count). The number of halogens is 1. The normalized spacial score (nSPS) is 23.9. The van der Waals surface area contributed by atoms with E-state index in [1.807, 2.05) is 24.1 Å². The number of hydrogen-bond acceptors (Lipinski definition) is 6. The second-order valence-corrected chi connectivity index (χ2v) is 9.31. The van der Waals surface area contributed by atoms with Crippen molar-refractivity contribution in [3.63, 3.8) is 0 Å². The number of piperidine rings is 1. The zero-order valence-corrected chi connectivity index (χ0v) is 17.2. The molecule has 1 N–H and O–H groups in total. The maximum Gasteiger partial charge on any atom is 0.279 e.